The zero-order chi connectivity index (χ0) is 16.1. The van der Waals surface area contributed by atoms with Crippen LogP contribution in [0.3, 0.4) is 0 Å². The molecule has 2 atom stereocenters. The molecule has 2 aromatic rings. The number of sulfonamides is 1. The minimum Gasteiger partial charge on any atom is -0.488 e. The fourth-order valence-corrected chi connectivity index (χ4v) is 4.33. The first-order valence-electron chi connectivity index (χ1n) is 6.76. The van der Waals surface area contributed by atoms with E-state index in [0.717, 1.165) is 0 Å². The number of fused-ring (bicyclic) bond motifs is 1. The van der Waals surface area contributed by atoms with Crippen LogP contribution in [0.25, 0.3) is 0 Å². The van der Waals surface area contributed by atoms with Gasteiger partial charge in [0.2, 0.25) is 0 Å². The summed E-state index contributed by atoms with van der Waals surface area (Å²) in [6.07, 6.45) is 1.06. The minimum atomic E-state index is -3.77. The lowest BCUT2D eigenvalue weighted by molar-refractivity contribution is 0.220. The molecule has 118 valence electrons. The van der Waals surface area contributed by atoms with Gasteiger partial charge in [-0.3, -0.25) is 4.68 Å². The van der Waals surface area contributed by atoms with Gasteiger partial charge in [-0.1, -0.05) is 6.07 Å². The first-order chi connectivity index (χ1) is 10.3. The van der Waals surface area contributed by atoms with Crippen LogP contribution in [0, 0.1) is 12.7 Å². The summed E-state index contributed by atoms with van der Waals surface area (Å²) in [7, 11) is -2.20. The molecular formula is C14H16FN3O3S. The molecule has 0 aliphatic carbocycles. The van der Waals surface area contributed by atoms with Gasteiger partial charge in [0.1, 0.15) is 17.7 Å². The van der Waals surface area contributed by atoms with Gasteiger partial charge in [-0.25, -0.2) is 12.8 Å². The monoisotopic (exact) mass is 325 g/mol. The fraction of sp³-hybridized carbons (Fsp3) is 0.357. The third-order valence-electron chi connectivity index (χ3n) is 3.69. The number of nitrogens with zero attached hydrogens (tertiary/aromatic N) is 2. The second kappa shape index (κ2) is 5.06. The molecule has 0 saturated heterocycles. The van der Waals surface area contributed by atoms with Gasteiger partial charge in [0.05, 0.1) is 12.2 Å². The van der Waals surface area contributed by atoms with Gasteiger partial charge in [-0.05, 0) is 19.9 Å². The molecule has 1 aromatic carbocycles. The van der Waals surface area contributed by atoms with Crippen LogP contribution in [0.1, 0.15) is 24.1 Å². The van der Waals surface area contributed by atoms with Gasteiger partial charge < -0.3 is 4.74 Å². The molecule has 1 aliphatic heterocycles. The van der Waals surface area contributed by atoms with Crippen molar-refractivity contribution in [3.63, 3.8) is 0 Å². The summed E-state index contributed by atoms with van der Waals surface area (Å²) in [6, 6.07) is 3.51. The standard InChI is InChI=1S/C14H16FN3O3S/c1-8-7-16-18(3)14(8)22(19,20)17-13-9(2)21-12-6-10(15)4-5-11(12)13/h4-7,9,13,17H,1-3H3/t9-,13-/m0/s1. The van der Waals surface area contributed by atoms with Crippen molar-refractivity contribution in [3.8, 4) is 5.75 Å². The Morgan fingerprint density at radius 1 is 1.41 bits per heavy atom. The van der Waals surface area contributed by atoms with Gasteiger partial charge in [0, 0.05) is 24.2 Å². The smallest absolute Gasteiger partial charge is 0.258 e. The fourth-order valence-electron chi connectivity index (χ4n) is 2.69. The van der Waals surface area contributed by atoms with Crippen LogP contribution < -0.4 is 9.46 Å². The van der Waals surface area contributed by atoms with Gasteiger partial charge in [-0.15, -0.1) is 0 Å². The first-order valence-corrected chi connectivity index (χ1v) is 8.25. The Bertz CT molecular complexity index is 812. The maximum atomic E-state index is 13.3. The van der Waals surface area contributed by atoms with E-state index in [9.17, 15) is 12.8 Å². The Labute approximate surface area is 128 Å². The lowest BCUT2D eigenvalue weighted by atomic mass is 10.1. The van der Waals surface area contributed by atoms with Crippen LogP contribution in [0.5, 0.6) is 5.75 Å². The molecule has 0 amide bonds. The van der Waals surface area contributed by atoms with Crippen LogP contribution >= 0.6 is 0 Å². The van der Waals surface area contributed by atoms with Crippen LogP contribution in [-0.4, -0.2) is 24.3 Å². The van der Waals surface area contributed by atoms with Gasteiger partial charge in [0.25, 0.3) is 10.0 Å². The maximum Gasteiger partial charge on any atom is 0.258 e. The Morgan fingerprint density at radius 3 is 2.77 bits per heavy atom. The number of ether oxygens (including phenoxy) is 1. The van der Waals surface area contributed by atoms with Gasteiger partial charge in [0.15, 0.2) is 5.03 Å². The van der Waals surface area contributed by atoms with E-state index in [1.165, 1.54) is 29.1 Å². The van der Waals surface area contributed by atoms with Gasteiger partial charge in [-0.2, -0.15) is 9.82 Å². The third-order valence-corrected chi connectivity index (χ3v) is 5.34. The molecule has 8 heteroatoms. The van der Waals surface area contributed by atoms with Crippen LogP contribution in [-0.2, 0) is 17.1 Å². The van der Waals surface area contributed by atoms with E-state index in [1.54, 1.807) is 20.9 Å². The number of hydrogen-bond donors (Lipinski definition) is 1. The van der Waals surface area contributed by atoms with Crippen molar-refractivity contribution < 1.29 is 17.5 Å². The average molecular weight is 325 g/mol. The van der Waals surface area contributed by atoms with Crippen molar-refractivity contribution in [1.82, 2.24) is 14.5 Å². The number of hydrogen-bond acceptors (Lipinski definition) is 4. The molecule has 1 N–H and O–H groups in total. The van der Waals surface area contributed by atoms with Crippen molar-refractivity contribution in [1.29, 1.82) is 0 Å². The Morgan fingerprint density at radius 2 is 2.14 bits per heavy atom. The summed E-state index contributed by atoms with van der Waals surface area (Å²) in [5.41, 5.74) is 1.18. The van der Waals surface area contributed by atoms with Crippen LogP contribution in [0.4, 0.5) is 4.39 Å². The molecule has 0 saturated carbocycles. The highest BCUT2D eigenvalue weighted by atomic mass is 32.2. The average Bonchev–Trinajstić information content (AvgIpc) is 2.90. The molecule has 1 aliphatic rings. The van der Waals surface area contributed by atoms with Crippen molar-refractivity contribution in [2.24, 2.45) is 7.05 Å². The summed E-state index contributed by atoms with van der Waals surface area (Å²) in [6.45, 7) is 3.42. The highest BCUT2D eigenvalue weighted by Gasteiger charge is 2.36. The molecule has 0 radical (unpaired) electrons. The number of aryl methyl sites for hydroxylation is 2. The summed E-state index contributed by atoms with van der Waals surface area (Å²) in [5, 5.41) is 4.06. The first kappa shape index (κ1) is 15.0. The molecule has 2 heterocycles. The minimum absolute atomic E-state index is 0.107. The summed E-state index contributed by atoms with van der Waals surface area (Å²) in [4.78, 5) is 0. The van der Waals surface area contributed by atoms with Crippen molar-refractivity contribution in [2.75, 3.05) is 0 Å². The Kier molecular flexibility index (Phi) is 3.45. The van der Waals surface area contributed by atoms with E-state index in [2.05, 4.69) is 9.82 Å². The zero-order valence-electron chi connectivity index (χ0n) is 12.4. The van der Waals surface area contributed by atoms with E-state index in [0.29, 0.717) is 16.9 Å². The van der Waals surface area contributed by atoms with Crippen LogP contribution in [0.2, 0.25) is 0 Å². The second-order valence-electron chi connectivity index (χ2n) is 5.36. The molecule has 0 bridgehead atoms. The summed E-state index contributed by atoms with van der Waals surface area (Å²) in [5.74, 6) is -0.0566. The van der Waals surface area contributed by atoms with Crippen molar-refractivity contribution in [3.05, 3.63) is 41.3 Å². The number of aromatic nitrogens is 2. The topological polar surface area (TPSA) is 73.2 Å². The Hall–Kier alpha value is -1.93. The zero-order valence-corrected chi connectivity index (χ0v) is 13.2. The lowest BCUT2D eigenvalue weighted by Gasteiger charge is -2.17. The number of nitrogens with one attached hydrogen (secondary N) is 1. The maximum absolute atomic E-state index is 13.3. The molecule has 3 rings (SSSR count). The number of benzene rings is 1. The SMILES string of the molecule is Cc1cnn(C)c1S(=O)(=O)N[C@@H]1c2ccc(F)cc2O[C@H]1C. The molecule has 1 aromatic heterocycles. The van der Waals surface area contributed by atoms with E-state index in [-0.39, 0.29) is 5.03 Å². The van der Waals surface area contributed by atoms with E-state index in [1.807, 2.05) is 0 Å². The highest BCUT2D eigenvalue weighted by Crippen LogP contribution is 2.37. The predicted octanol–water partition coefficient (Wildman–Crippen LogP) is 1.67. The molecule has 22 heavy (non-hydrogen) atoms. The van der Waals surface area contributed by atoms with E-state index in [4.69, 9.17) is 4.74 Å². The quantitative estimate of drug-likeness (QED) is 0.931. The van der Waals surface area contributed by atoms with E-state index < -0.39 is 28.0 Å². The van der Waals surface area contributed by atoms with Crippen molar-refractivity contribution in [2.45, 2.75) is 31.0 Å². The van der Waals surface area contributed by atoms with Gasteiger partial charge >= 0.3 is 0 Å². The third kappa shape index (κ3) is 2.38. The van der Waals surface area contributed by atoms with Crippen LogP contribution in [0.15, 0.2) is 29.4 Å². The van der Waals surface area contributed by atoms with E-state index >= 15 is 0 Å². The molecule has 0 unspecified atom stereocenters. The molecule has 0 spiro atoms. The number of rotatable bonds is 3. The summed E-state index contributed by atoms with van der Waals surface area (Å²) >= 11 is 0. The predicted molar refractivity (Wildman–Crippen MR) is 77.5 cm³/mol. The number of halogens is 1. The lowest BCUT2D eigenvalue weighted by Crippen LogP contribution is -2.35. The Balaban J connectivity index is 1.97. The molecule has 6 nitrogen and oxygen atoms in total. The molecular weight excluding hydrogens is 309 g/mol. The summed E-state index contributed by atoms with van der Waals surface area (Å²) < 4.78 is 47.9. The highest BCUT2D eigenvalue weighted by molar-refractivity contribution is 7.89. The largest absolute Gasteiger partial charge is 0.488 e. The molecule has 0 fully saturated rings. The second-order valence-corrected chi connectivity index (χ2v) is 6.99. The van der Waals surface area contributed by atoms with Crippen molar-refractivity contribution >= 4 is 10.0 Å². The normalized spacial score (nSPS) is 20.7.